The van der Waals surface area contributed by atoms with Gasteiger partial charge in [0.25, 0.3) is 0 Å². The molecule has 0 radical (unpaired) electrons. The minimum absolute atomic E-state index is 0.672. The standard InChI is InChI=1S/C14H23N3/c1-3-7-15-10-11-8-12(4-2)16-14(9-11)17-13-5-6-13/h8-9,13,15H,3-7,10H2,1-2H3,(H,16,17). The van der Waals surface area contributed by atoms with Crippen LogP contribution in [-0.4, -0.2) is 17.6 Å². The highest BCUT2D eigenvalue weighted by Gasteiger charge is 2.21. The quantitative estimate of drug-likeness (QED) is 0.711. The highest BCUT2D eigenvalue weighted by molar-refractivity contribution is 5.41. The molecule has 1 aromatic heterocycles. The Morgan fingerprint density at radius 1 is 1.29 bits per heavy atom. The zero-order chi connectivity index (χ0) is 12.1. The van der Waals surface area contributed by atoms with Crippen LogP contribution in [0.25, 0.3) is 0 Å². The lowest BCUT2D eigenvalue weighted by Crippen LogP contribution is -2.15. The van der Waals surface area contributed by atoms with Gasteiger partial charge in [0, 0.05) is 18.3 Å². The number of aromatic nitrogens is 1. The molecule has 0 unspecified atom stereocenters. The maximum atomic E-state index is 4.62. The van der Waals surface area contributed by atoms with E-state index in [1.54, 1.807) is 0 Å². The second kappa shape index (κ2) is 6.01. The molecule has 0 spiro atoms. The van der Waals surface area contributed by atoms with Crippen LogP contribution in [0.2, 0.25) is 0 Å². The van der Waals surface area contributed by atoms with Crippen molar-refractivity contribution in [1.82, 2.24) is 10.3 Å². The van der Waals surface area contributed by atoms with Crippen molar-refractivity contribution in [2.75, 3.05) is 11.9 Å². The summed E-state index contributed by atoms with van der Waals surface area (Å²) in [4.78, 5) is 4.62. The van der Waals surface area contributed by atoms with Gasteiger partial charge in [-0.05, 0) is 49.9 Å². The third-order valence-corrected chi connectivity index (χ3v) is 2.99. The number of hydrogen-bond acceptors (Lipinski definition) is 3. The van der Waals surface area contributed by atoms with Gasteiger partial charge in [-0.1, -0.05) is 13.8 Å². The molecule has 1 aliphatic rings. The summed E-state index contributed by atoms with van der Waals surface area (Å²) < 4.78 is 0. The summed E-state index contributed by atoms with van der Waals surface area (Å²) >= 11 is 0. The molecule has 1 aromatic rings. The van der Waals surface area contributed by atoms with Crippen LogP contribution in [0.1, 0.15) is 44.4 Å². The Balaban J connectivity index is 2.01. The summed E-state index contributed by atoms with van der Waals surface area (Å²) in [5.41, 5.74) is 2.53. The molecule has 3 nitrogen and oxygen atoms in total. The van der Waals surface area contributed by atoms with Crippen LogP contribution < -0.4 is 10.6 Å². The Morgan fingerprint density at radius 2 is 2.12 bits per heavy atom. The molecule has 0 bridgehead atoms. The fourth-order valence-corrected chi connectivity index (χ4v) is 1.85. The molecule has 1 saturated carbocycles. The van der Waals surface area contributed by atoms with E-state index in [0.29, 0.717) is 6.04 Å². The van der Waals surface area contributed by atoms with E-state index >= 15 is 0 Å². The van der Waals surface area contributed by atoms with E-state index in [1.165, 1.54) is 30.5 Å². The van der Waals surface area contributed by atoms with Gasteiger partial charge < -0.3 is 10.6 Å². The Bertz CT molecular complexity index is 358. The van der Waals surface area contributed by atoms with Gasteiger partial charge in [0.1, 0.15) is 5.82 Å². The molecule has 0 aliphatic heterocycles. The zero-order valence-corrected chi connectivity index (χ0v) is 10.9. The van der Waals surface area contributed by atoms with E-state index in [-0.39, 0.29) is 0 Å². The summed E-state index contributed by atoms with van der Waals surface area (Å²) in [5.74, 6) is 1.06. The first-order chi connectivity index (χ1) is 8.31. The van der Waals surface area contributed by atoms with Crippen molar-refractivity contribution in [3.63, 3.8) is 0 Å². The van der Waals surface area contributed by atoms with Crippen LogP contribution in [0, 0.1) is 0 Å². The first-order valence-electron chi connectivity index (χ1n) is 6.79. The maximum absolute atomic E-state index is 4.62. The number of aryl methyl sites for hydroxylation is 1. The molecule has 0 amide bonds. The van der Waals surface area contributed by atoms with Crippen LogP contribution >= 0.6 is 0 Å². The second-order valence-corrected chi connectivity index (χ2v) is 4.80. The van der Waals surface area contributed by atoms with Crippen LogP contribution in [-0.2, 0) is 13.0 Å². The van der Waals surface area contributed by atoms with Gasteiger partial charge in [-0.2, -0.15) is 0 Å². The lowest BCUT2D eigenvalue weighted by Gasteiger charge is -2.10. The summed E-state index contributed by atoms with van der Waals surface area (Å²) in [6.07, 6.45) is 4.77. The number of hydrogen-bond donors (Lipinski definition) is 2. The molecule has 2 N–H and O–H groups in total. The molecule has 94 valence electrons. The predicted molar refractivity (Wildman–Crippen MR) is 72.3 cm³/mol. The molecule has 1 heterocycles. The molecule has 2 rings (SSSR count). The molecular formula is C14H23N3. The van der Waals surface area contributed by atoms with Crippen molar-refractivity contribution in [3.05, 3.63) is 23.4 Å². The average Bonchev–Trinajstić information content (AvgIpc) is 3.13. The number of nitrogens with zero attached hydrogens (tertiary/aromatic N) is 1. The van der Waals surface area contributed by atoms with Crippen molar-refractivity contribution < 1.29 is 0 Å². The topological polar surface area (TPSA) is 37.0 Å². The third-order valence-electron chi connectivity index (χ3n) is 2.99. The number of anilines is 1. The predicted octanol–water partition coefficient (Wildman–Crippen LogP) is 2.72. The summed E-state index contributed by atoms with van der Waals surface area (Å²) in [6, 6.07) is 5.06. The molecule has 0 saturated heterocycles. The van der Waals surface area contributed by atoms with Gasteiger partial charge in [-0.25, -0.2) is 4.98 Å². The van der Waals surface area contributed by atoms with Crippen molar-refractivity contribution in [2.45, 2.75) is 52.1 Å². The number of nitrogens with one attached hydrogen (secondary N) is 2. The fourth-order valence-electron chi connectivity index (χ4n) is 1.85. The smallest absolute Gasteiger partial charge is 0.126 e. The highest BCUT2D eigenvalue weighted by atomic mass is 15.0. The van der Waals surface area contributed by atoms with Gasteiger partial charge in [0.15, 0.2) is 0 Å². The Labute approximate surface area is 104 Å². The lowest BCUT2D eigenvalue weighted by molar-refractivity contribution is 0.674. The van der Waals surface area contributed by atoms with Crippen LogP contribution in [0.4, 0.5) is 5.82 Å². The first kappa shape index (κ1) is 12.4. The van der Waals surface area contributed by atoms with E-state index in [2.05, 4.69) is 41.6 Å². The van der Waals surface area contributed by atoms with Gasteiger partial charge in [0.05, 0.1) is 0 Å². The summed E-state index contributed by atoms with van der Waals surface area (Å²) in [7, 11) is 0. The van der Waals surface area contributed by atoms with Crippen LogP contribution in [0.5, 0.6) is 0 Å². The number of rotatable bonds is 7. The molecule has 0 atom stereocenters. The molecule has 0 aromatic carbocycles. The largest absolute Gasteiger partial charge is 0.367 e. The third kappa shape index (κ3) is 4.00. The minimum atomic E-state index is 0.672. The van der Waals surface area contributed by atoms with Crippen molar-refractivity contribution in [1.29, 1.82) is 0 Å². The molecule has 1 aliphatic carbocycles. The normalized spacial score (nSPS) is 14.9. The second-order valence-electron chi connectivity index (χ2n) is 4.80. The minimum Gasteiger partial charge on any atom is -0.367 e. The van der Waals surface area contributed by atoms with Crippen molar-refractivity contribution in [3.8, 4) is 0 Å². The summed E-state index contributed by atoms with van der Waals surface area (Å²) in [5, 5.41) is 6.93. The molecule has 17 heavy (non-hydrogen) atoms. The van der Waals surface area contributed by atoms with Crippen molar-refractivity contribution in [2.24, 2.45) is 0 Å². The maximum Gasteiger partial charge on any atom is 0.126 e. The lowest BCUT2D eigenvalue weighted by atomic mass is 10.2. The molecule has 3 heteroatoms. The summed E-state index contributed by atoms with van der Waals surface area (Å²) in [6.45, 7) is 6.38. The van der Waals surface area contributed by atoms with E-state index < -0.39 is 0 Å². The van der Waals surface area contributed by atoms with E-state index in [1.807, 2.05) is 0 Å². The Hall–Kier alpha value is -1.09. The van der Waals surface area contributed by atoms with Crippen LogP contribution in [0.15, 0.2) is 12.1 Å². The molecular weight excluding hydrogens is 210 g/mol. The van der Waals surface area contributed by atoms with Crippen LogP contribution in [0.3, 0.4) is 0 Å². The van der Waals surface area contributed by atoms with E-state index in [4.69, 9.17) is 0 Å². The average molecular weight is 233 g/mol. The van der Waals surface area contributed by atoms with Gasteiger partial charge >= 0.3 is 0 Å². The zero-order valence-electron chi connectivity index (χ0n) is 10.9. The first-order valence-corrected chi connectivity index (χ1v) is 6.79. The highest BCUT2D eigenvalue weighted by Crippen LogP contribution is 2.24. The fraction of sp³-hybridized carbons (Fsp3) is 0.643. The van der Waals surface area contributed by atoms with E-state index in [0.717, 1.165) is 25.3 Å². The van der Waals surface area contributed by atoms with Gasteiger partial charge in [0.2, 0.25) is 0 Å². The molecule has 1 fully saturated rings. The Morgan fingerprint density at radius 3 is 2.76 bits per heavy atom. The van der Waals surface area contributed by atoms with Crippen molar-refractivity contribution >= 4 is 5.82 Å². The van der Waals surface area contributed by atoms with Gasteiger partial charge in [-0.3, -0.25) is 0 Å². The van der Waals surface area contributed by atoms with E-state index in [9.17, 15) is 0 Å². The monoisotopic (exact) mass is 233 g/mol. The number of pyridine rings is 1. The Kier molecular flexibility index (Phi) is 4.37. The SMILES string of the molecule is CCCNCc1cc(CC)nc(NC2CC2)c1. The van der Waals surface area contributed by atoms with Gasteiger partial charge in [-0.15, -0.1) is 0 Å².